The second-order valence-corrected chi connectivity index (χ2v) is 9.48. The van der Waals surface area contributed by atoms with Gasteiger partial charge in [0.1, 0.15) is 11.6 Å². The SMILES string of the molecule is c1ccc(-c2ccc(-c3nc4ccc(-c5ccc6nc(-c7ccncc7)[nH]c6c5)cc4[nH]3)s2)cc1. The second kappa shape index (κ2) is 8.04. The van der Waals surface area contributed by atoms with Crippen LogP contribution in [0.2, 0.25) is 0 Å². The molecule has 7 aromatic rings. The molecule has 0 bridgehead atoms. The molecule has 3 aromatic carbocycles. The maximum absolute atomic E-state index is 4.85. The number of hydrogen-bond acceptors (Lipinski definition) is 4. The maximum atomic E-state index is 4.85. The van der Waals surface area contributed by atoms with E-state index in [9.17, 15) is 0 Å². The zero-order chi connectivity index (χ0) is 23.2. The van der Waals surface area contributed by atoms with Gasteiger partial charge in [0.05, 0.1) is 26.9 Å². The molecule has 0 aliphatic carbocycles. The lowest BCUT2D eigenvalue weighted by Gasteiger charge is -2.01. The van der Waals surface area contributed by atoms with E-state index in [1.54, 1.807) is 23.7 Å². The molecule has 2 N–H and O–H groups in total. The first-order valence-electron chi connectivity index (χ1n) is 11.4. The largest absolute Gasteiger partial charge is 0.338 e. The van der Waals surface area contributed by atoms with E-state index in [0.29, 0.717) is 0 Å². The van der Waals surface area contributed by atoms with Crippen LogP contribution in [0.3, 0.4) is 0 Å². The number of nitrogens with zero attached hydrogens (tertiary/aromatic N) is 3. The molecule has 7 rings (SSSR count). The van der Waals surface area contributed by atoms with Gasteiger partial charge in [-0.2, -0.15) is 0 Å². The third-order valence-electron chi connectivity index (χ3n) is 6.15. The average Bonchev–Trinajstić information content (AvgIpc) is 3.66. The molecule has 0 saturated carbocycles. The Morgan fingerprint density at radius 3 is 1.86 bits per heavy atom. The van der Waals surface area contributed by atoms with Crippen molar-refractivity contribution >= 4 is 33.4 Å². The normalized spacial score (nSPS) is 11.4. The van der Waals surface area contributed by atoms with Crippen molar-refractivity contribution in [2.75, 3.05) is 0 Å². The van der Waals surface area contributed by atoms with Gasteiger partial charge in [0.25, 0.3) is 0 Å². The summed E-state index contributed by atoms with van der Waals surface area (Å²) in [5.41, 5.74) is 8.44. The summed E-state index contributed by atoms with van der Waals surface area (Å²) in [6.07, 6.45) is 3.56. The van der Waals surface area contributed by atoms with Crippen LogP contribution in [0.25, 0.3) is 65.7 Å². The van der Waals surface area contributed by atoms with Crippen LogP contribution in [0, 0.1) is 0 Å². The van der Waals surface area contributed by atoms with Crippen molar-refractivity contribution in [3.05, 3.63) is 103 Å². The first kappa shape index (κ1) is 19.9. The number of aromatic nitrogens is 5. The molecule has 0 atom stereocenters. The lowest BCUT2D eigenvalue weighted by Crippen LogP contribution is -1.80. The maximum Gasteiger partial charge on any atom is 0.148 e. The van der Waals surface area contributed by atoms with E-state index in [-0.39, 0.29) is 0 Å². The highest BCUT2D eigenvalue weighted by Crippen LogP contribution is 2.35. The fourth-order valence-electron chi connectivity index (χ4n) is 4.36. The highest BCUT2D eigenvalue weighted by Gasteiger charge is 2.11. The standard InChI is InChI=1S/C29H19N5S/c1-2-4-18(5-3-1)26-10-11-27(35-26)29-32-23-9-7-21(17-25(23)34-29)20-6-8-22-24(16-20)33-28(31-22)19-12-14-30-15-13-19/h1-17H,(H,31,33)(H,32,34). The third-order valence-corrected chi connectivity index (χ3v) is 7.29. The van der Waals surface area contributed by atoms with Crippen molar-refractivity contribution in [3.8, 4) is 43.7 Å². The van der Waals surface area contributed by atoms with Crippen LogP contribution < -0.4 is 0 Å². The molecular formula is C29H19N5S. The van der Waals surface area contributed by atoms with Crippen molar-refractivity contribution in [2.45, 2.75) is 0 Å². The Balaban J connectivity index is 1.23. The van der Waals surface area contributed by atoms with Gasteiger partial charge in [-0.1, -0.05) is 42.5 Å². The summed E-state index contributed by atoms with van der Waals surface area (Å²) >= 11 is 1.75. The minimum atomic E-state index is 0.846. The number of fused-ring (bicyclic) bond motifs is 2. The van der Waals surface area contributed by atoms with Crippen LogP contribution in [0.15, 0.2) is 103 Å². The molecule has 0 spiro atoms. The van der Waals surface area contributed by atoms with Crippen LogP contribution in [-0.2, 0) is 0 Å². The first-order valence-corrected chi connectivity index (χ1v) is 12.2. The number of imidazole rings is 2. The summed E-state index contributed by atoms with van der Waals surface area (Å²) in [5, 5.41) is 0. The van der Waals surface area contributed by atoms with Gasteiger partial charge in [0.15, 0.2) is 0 Å². The number of rotatable bonds is 4. The van der Waals surface area contributed by atoms with Crippen LogP contribution in [0.4, 0.5) is 0 Å². The van der Waals surface area contributed by atoms with Gasteiger partial charge in [-0.25, -0.2) is 9.97 Å². The summed E-state index contributed by atoms with van der Waals surface area (Å²) in [7, 11) is 0. The van der Waals surface area contributed by atoms with E-state index in [2.05, 4.69) is 87.7 Å². The Morgan fingerprint density at radius 2 is 1.14 bits per heavy atom. The lowest BCUT2D eigenvalue weighted by atomic mass is 10.0. The van der Waals surface area contributed by atoms with Gasteiger partial charge in [-0.15, -0.1) is 11.3 Å². The summed E-state index contributed by atoms with van der Waals surface area (Å²) in [6.45, 7) is 0. The molecule has 5 nitrogen and oxygen atoms in total. The van der Waals surface area contributed by atoms with Crippen LogP contribution in [0.5, 0.6) is 0 Å². The van der Waals surface area contributed by atoms with Crippen LogP contribution >= 0.6 is 11.3 Å². The van der Waals surface area contributed by atoms with Crippen LogP contribution in [-0.4, -0.2) is 24.9 Å². The molecule has 35 heavy (non-hydrogen) atoms. The predicted octanol–water partition coefficient (Wildman–Crippen LogP) is 7.56. The fourth-order valence-corrected chi connectivity index (χ4v) is 5.32. The number of benzene rings is 3. The molecule has 166 valence electrons. The minimum absolute atomic E-state index is 0.846. The van der Waals surface area contributed by atoms with Gasteiger partial charge in [0, 0.05) is 22.8 Å². The summed E-state index contributed by atoms with van der Waals surface area (Å²) in [5.74, 6) is 1.74. The molecule has 0 amide bonds. The van der Waals surface area contributed by atoms with Gasteiger partial charge < -0.3 is 9.97 Å². The summed E-state index contributed by atoms with van der Waals surface area (Å²) in [4.78, 5) is 23.0. The van der Waals surface area contributed by atoms with Crippen molar-refractivity contribution in [1.82, 2.24) is 24.9 Å². The molecule has 0 unspecified atom stereocenters. The average molecular weight is 470 g/mol. The molecule has 0 aliphatic heterocycles. The van der Waals surface area contributed by atoms with Gasteiger partial charge in [-0.05, 0) is 65.2 Å². The van der Waals surface area contributed by atoms with Gasteiger partial charge >= 0.3 is 0 Å². The monoisotopic (exact) mass is 469 g/mol. The number of pyridine rings is 1. The third kappa shape index (κ3) is 3.61. The summed E-state index contributed by atoms with van der Waals surface area (Å²) < 4.78 is 0. The molecule has 0 saturated heterocycles. The zero-order valence-corrected chi connectivity index (χ0v) is 19.4. The Kier molecular flexibility index (Phi) is 4.57. The van der Waals surface area contributed by atoms with E-state index in [1.165, 1.54) is 10.4 Å². The molecule has 4 heterocycles. The number of H-pyrrole nitrogens is 2. The zero-order valence-electron chi connectivity index (χ0n) is 18.6. The molecule has 6 heteroatoms. The Bertz CT molecular complexity index is 1800. The number of nitrogens with one attached hydrogen (secondary N) is 2. The number of thiophene rings is 1. The minimum Gasteiger partial charge on any atom is -0.338 e. The molecule has 0 radical (unpaired) electrons. The predicted molar refractivity (Wildman–Crippen MR) is 143 cm³/mol. The Labute approximate surface area is 205 Å². The van der Waals surface area contributed by atoms with Gasteiger partial charge in [0.2, 0.25) is 0 Å². The number of hydrogen-bond donors (Lipinski definition) is 2. The first-order chi connectivity index (χ1) is 17.3. The quantitative estimate of drug-likeness (QED) is 0.279. The van der Waals surface area contributed by atoms with E-state index < -0.39 is 0 Å². The number of aromatic amines is 2. The van der Waals surface area contributed by atoms with Crippen molar-refractivity contribution in [1.29, 1.82) is 0 Å². The van der Waals surface area contributed by atoms with Gasteiger partial charge in [-0.3, -0.25) is 4.98 Å². The molecular weight excluding hydrogens is 450 g/mol. The Hall–Kier alpha value is -4.55. The highest BCUT2D eigenvalue weighted by atomic mass is 32.1. The fraction of sp³-hybridized carbons (Fsp3) is 0. The van der Waals surface area contributed by atoms with Crippen molar-refractivity contribution in [2.24, 2.45) is 0 Å². The van der Waals surface area contributed by atoms with E-state index in [0.717, 1.165) is 55.3 Å². The highest BCUT2D eigenvalue weighted by molar-refractivity contribution is 7.18. The molecule has 0 aliphatic rings. The lowest BCUT2D eigenvalue weighted by molar-refractivity contribution is 1.28. The van der Waals surface area contributed by atoms with Crippen molar-refractivity contribution < 1.29 is 0 Å². The summed E-state index contributed by atoms with van der Waals surface area (Å²) in [6, 6.07) is 31.4. The smallest absolute Gasteiger partial charge is 0.148 e. The van der Waals surface area contributed by atoms with Crippen molar-refractivity contribution in [3.63, 3.8) is 0 Å². The second-order valence-electron chi connectivity index (χ2n) is 8.40. The van der Waals surface area contributed by atoms with E-state index in [1.807, 2.05) is 18.2 Å². The van der Waals surface area contributed by atoms with E-state index >= 15 is 0 Å². The Morgan fingerprint density at radius 1 is 0.514 bits per heavy atom. The van der Waals surface area contributed by atoms with Crippen LogP contribution in [0.1, 0.15) is 0 Å². The topological polar surface area (TPSA) is 70.2 Å². The molecule has 0 fully saturated rings. The van der Waals surface area contributed by atoms with E-state index in [4.69, 9.17) is 9.97 Å². The molecule has 4 aromatic heterocycles.